The largest absolute Gasteiger partial charge is 0.377 e. The molecule has 1 aliphatic carbocycles. The Balaban J connectivity index is 2.31. The monoisotopic (exact) mass is 269 g/mol. The van der Waals surface area contributed by atoms with E-state index >= 15 is 0 Å². The maximum absolute atomic E-state index is 12.1. The van der Waals surface area contributed by atoms with E-state index in [2.05, 4.69) is 10.0 Å². The molecule has 0 spiro atoms. The van der Waals surface area contributed by atoms with Gasteiger partial charge in [-0.1, -0.05) is 19.1 Å². The highest BCUT2D eigenvalue weighted by Gasteiger charge is 2.41. The lowest BCUT2D eigenvalue weighted by Gasteiger charge is -2.19. The van der Waals surface area contributed by atoms with E-state index in [1.807, 2.05) is 6.07 Å². The summed E-state index contributed by atoms with van der Waals surface area (Å²) in [7, 11) is -3.45. The van der Waals surface area contributed by atoms with Gasteiger partial charge < -0.3 is 11.1 Å². The Morgan fingerprint density at radius 2 is 2.00 bits per heavy atom. The number of hydrogen-bond acceptors (Lipinski definition) is 4. The highest BCUT2D eigenvalue weighted by Crippen LogP contribution is 2.39. The van der Waals surface area contributed by atoms with E-state index in [-0.39, 0.29) is 10.4 Å². The molecule has 0 unspecified atom stereocenters. The zero-order valence-corrected chi connectivity index (χ0v) is 11.3. The van der Waals surface area contributed by atoms with E-state index in [0.29, 0.717) is 18.8 Å². The third-order valence-electron chi connectivity index (χ3n) is 3.16. The second-order valence-electron chi connectivity index (χ2n) is 4.61. The van der Waals surface area contributed by atoms with Gasteiger partial charge in [0.1, 0.15) is 4.90 Å². The fourth-order valence-corrected chi connectivity index (χ4v) is 3.09. The van der Waals surface area contributed by atoms with Crippen LogP contribution in [0.15, 0.2) is 29.2 Å². The van der Waals surface area contributed by atoms with Gasteiger partial charge >= 0.3 is 0 Å². The number of nitrogens with two attached hydrogens (primary N) is 1. The molecule has 2 rings (SSSR count). The molecule has 1 saturated carbocycles. The number of rotatable bonds is 6. The van der Waals surface area contributed by atoms with E-state index in [1.54, 1.807) is 25.1 Å². The highest BCUT2D eigenvalue weighted by atomic mass is 32.2. The summed E-state index contributed by atoms with van der Waals surface area (Å²) < 4.78 is 26.6. The third-order valence-corrected chi connectivity index (χ3v) is 4.76. The Bertz CT molecular complexity index is 524. The summed E-state index contributed by atoms with van der Waals surface area (Å²) in [6, 6.07) is 6.92. The molecule has 0 saturated heterocycles. The first kappa shape index (κ1) is 13.3. The first-order valence-electron chi connectivity index (χ1n) is 6.10. The predicted molar refractivity (Wildman–Crippen MR) is 71.9 cm³/mol. The van der Waals surface area contributed by atoms with Crippen molar-refractivity contribution in [3.05, 3.63) is 24.3 Å². The lowest BCUT2D eigenvalue weighted by molar-refractivity contribution is 0.584. The molecule has 1 aromatic carbocycles. The van der Waals surface area contributed by atoms with Gasteiger partial charge in [-0.05, 0) is 25.0 Å². The predicted octanol–water partition coefficient (Wildman–Crippen LogP) is 0.888. The molecule has 0 heterocycles. The average Bonchev–Trinajstić information content (AvgIpc) is 3.10. The molecule has 100 valence electrons. The van der Waals surface area contributed by atoms with Crippen LogP contribution in [0.4, 0.5) is 5.69 Å². The molecule has 1 aromatic rings. The molecule has 0 aromatic heterocycles. The maximum Gasteiger partial charge on any atom is 0.242 e. The topological polar surface area (TPSA) is 84.2 Å². The molecule has 4 N–H and O–H groups in total. The highest BCUT2D eigenvalue weighted by molar-refractivity contribution is 7.89. The Kier molecular flexibility index (Phi) is 3.61. The summed E-state index contributed by atoms with van der Waals surface area (Å²) in [5, 5.41) is 3.27. The quantitative estimate of drug-likeness (QED) is 0.716. The number of para-hydroxylation sites is 1. The lowest BCUT2D eigenvalue weighted by atomic mass is 10.2. The second kappa shape index (κ2) is 4.87. The van der Waals surface area contributed by atoms with Crippen molar-refractivity contribution in [2.45, 2.75) is 30.2 Å². The van der Waals surface area contributed by atoms with E-state index in [0.717, 1.165) is 12.8 Å². The van der Waals surface area contributed by atoms with Crippen molar-refractivity contribution < 1.29 is 8.42 Å². The molecule has 0 aliphatic heterocycles. The molecule has 0 bridgehead atoms. The van der Waals surface area contributed by atoms with Gasteiger partial charge in [-0.15, -0.1) is 0 Å². The zero-order chi connectivity index (χ0) is 13.2. The van der Waals surface area contributed by atoms with Crippen molar-refractivity contribution in [2.75, 3.05) is 18.4 Å². The summed E-state index contributed by atoms with van der Waals surface area (Å²) in [5.41, 5.74) is 6.22. The maximum atomic E-state index is 12.1. The van der Waals surface area contributed by atoms with Gasteiger partial charge in [0.15, 0.2) is 0 Å². The van der Waals surface area contributed by atoms with Crippen LogP contribution in [0.25, 0.3) is 0 Å². The molecule has 6 heteroatoms. The first-order valence-corrected chi connectivity index (χ1v) is 7.58. The average molecular weight is 269 g/mol. The van der Waals surface area contributed by atoms with E-state index in [1.165, 1.54) is 0 Å². The number of hydrogen-bond donors (Lipinski definition) is 3. The summed E-state index contributed by atoms with van der Waals surface area (Å²) in [5.74, 6) is 0. The van der Waals surface area contributed by atoms with Crippen molar-refractivity contribution in [3.63, 3.8) is 0 Å². The van der Waals surface area contributed by atoms with Crippen molar-refractivity contribution in [3.8, 4) is 0 Å². The van der Waals surface area contributed by atoms with Crippen LogP contribution >= 0.6 is 0 Å². The minimum Gasteiger partial charge on any atom is -0.377 e. The molecule has 1 aliphatic rings. The van der Waals surface area contributed by atoms with Gasteiger partial charge in [-0.2, -0.15) is 0 Å². The molecule has 1 fully saturated rings. The SMILES string of the molecule is CCNS(=O)(=O)c1ccccc1NC1(CN)CC1. The van der Waals surface area contributed by atoms with Crippen LogP contribution in [0.5, 0.6) is 0 Å². The number of sulfonamides is 1. The minimum absolute atomic E-state index is 0.113. The van der Waals surface area contributed by atoms with Crippen LogP contribution < -0.4 is 15.8 Å². The molecule has 0 atom stereocenters. The standard InChI is InChI=1S/C12H19N3O2S/c1-2-14-18(16,17)11-6-4-3-5-10(11)15-12(9-13)7-8-12/h3-6,14-15H,2,7-9,13H2,1H3. The molecular formula is C12H19N3O2S. The fraction of sp³-hybridized carbons (Fsp3) is 0.500. The Labute approximate surface area is 108 Å². The van der Waals surface area contributed by atoms with Crippen LogP contribution in [0.2, 0.25) is 0 Å². The molecule has 0 radical (unpaired) electrons. The van der Waals surface area contributed by atoms with Crippen molar-refractivity contribution in [1.82, 2.24) is 4.72 Å². The number of nitrogens with one attached hydrogen (secondary N) is 2. The fourth-order valence-electron chi connectivity index (χ4n) is 1.89. The Hall–Kier alpha value is -1.11. The van der Waals surface area contributed by atoms with Crippen LogP contribution in [-0.2, 0) is 10.0 Å². The van der Waals surface area contributed by atoms with Gasteiger partial charge in [0.2, 0.25) is 10.0 Å². The number of anilines is 1. The zero-order valence-electron chi connectivity index (χ0n) is 10.4. The number of benzene rings is 1. The summed E-state index contributed by atoms with van der Waals surface area (Å²) >= 11 is 0. The van der Waals surface area contributed by atoms with Crippen LogP contribution in [0.1, 0.15) is 19.8 Å². The van der Waals surface area contributed by atoms with Gasteiger partial charge in [0, 0.05) is 18.6 Å². The third kappa shape index (κ3) is 2.66. The van der Waals surface area contributed by atoms with Crippen molar-refractivity contribution in [2.24, 2.45) is 5.73 Å². The van der Waals surface area contributed by atoms with Gasteiger partial charge in [-0.3, -0.25) is 0 Å². The minimum atomic E-state index is -3.45. The summed E-state index contributed by atoms with van der Waals surface area (Å²) in [6.07, 6.45) is 1.97. The van der Waals surface area contributed by atoms with Crippen molar-refractivity contribution >= 4 is 15.7 Å². The molecule has 0 amide bonds. The van der Waals surface area contributed by atoms with Crippen LogP contribution in [0, 0.1) is 0 Å². The van der Waals surface area contributed by atoms with Gasteiger partial charge in [0.05, 0.1) is 5.69 Å². The molecular weight excluding hydrogens is 250 g/mol. The van der Waals surface area contributed by atoms with Gasteiger partial charge in [-0.25, -0.2) is 13.1 Å². The molecule has 5 nitrogen and oxygen atoms in total. The summed E-state index contributed by atoms with van der Waals surface area (Å²) in [6.45, 7) is 2.65. The Morgan fingerprint density at radius 3 is 2.56 bits per heavy atom. The summed E-state index contributed by atoms with van der Waals surface area (Å²) in [4.78, 5) is 0.284. The van der Waals surface area contributed by atoms with E-state index in [4.69, 9.17) is 5.73 Å². The van der Waals surface area contributed by atoms with Crippen molar-refractivity contribution in [1.29, 1.82) is 0 Å². The second-order valence-corrected chi connectivity index (χ2v) is 6.34. The lowest BCUT2D eigenvalue weighted by Crippen LogP contribution is -2.32. The Morgan fingerprint density at radius 1 is 1.33 bits per heavy atom. The van der Waals surface area contributed by atoms with Gasteiger partial charge in [0.25, 0.3) is 0 Å². The molecule has 18 heavy (non-hydrogen) atoms. The van der Waals surface area contributed by atoms with E-state index < -0.39 is 10.0 Å². The first-order chi connectivity index (χ1) is 8.53. The van der Waals surface area contributed by atoms with Crippen LogP contribution in [0.3, 0.4) is 0 Å². The van der Waals surface area contributed by atoms with E-state index in [9.17, 15) is 8.42 Å². The normalized spacial score (nSPS) is 17.4. The smallest absolute Gasteiger partial charge is 0.242 e. The van der Waals surface area contributed by atoms with Crippen LogP contribution in [-0.4, -0.2) is 27.0 Å².